The largest absolute Gasteiger partial charge is 0.396 e. The maximum absolute atomic E-state index is 13.1. The zero-order valence-corrected chi connectivity index (χ0v) is 14.7. The second-order valence-corrected chi connectivity index (χ2v) is 6.91. The van der Waals surface area contributed by atoms with Gasteiger partial charge in [0.15, 0.2) is 0 Å². The number of hydrogen-bond acceptors (Lipinski definition) is 5. The standard InChI is InChI=1S/C19H25FN2O4/c20-15-4-2-14(3-5-15)17-12-16(26-22-17)13-19(6-10-25-11-7-19)18(24)21-8-1-9-23/h2-5,16,23H,1,6-13H2,(H,21,24)/t16-/m0/s1. The SMILES string of the molecule is O=C(NCCCO)C1(C[C@@H]2CC(c3ccc(F)cc3)=NO2)CCOCC1. The van der Waals surface area contributed by atoms with Crippen molar-refractivity contribution in [2.45, 2.75) is 38.2 Å². The number of carbonyl (C=O) groups is 1. The van der Waals surface area contributed by atoms with Crippen LogP contribution in [0, 0.1) is 11.2 Å². The molecule has 2 aliphatic rings. The molecule has 1 aromatic rings. The Kier molecular flexibility index (Phi) is 6.21. The molecule has 3 rings (SSSR count). The van der Waals surface area contributed by atoms with Gasteiger partial charge in [0.2, 0.25) is 5.91 Å². The molecule has 142 valence electrons. The summed E-state index contributed by atoms with van der Waals surface area (Å²) in [6.07, 6.45) is 2.80. The van der Waals surface area contributed by atoms with Crippen molar-refractivity contribution in [1.82, 2.24) is 5.32 Å². The lowest BCUT2D eigenvalue weighted by molar-refractivity contribution is -0.140. The van der Waals surface area contributed by atoms with Gasteiger partial charge in [0.05, 0.1) is 11.1 Å². The van der Waals surface area contributed by atoms with Crippen LogP contribution in [0.1, 0.15) is 37.7 Å². The number of rotatable bonds is 7. The molecule has 1 fully saturated rings. The third kappa shape index (κ3) is 4.40. The molecule has 1 atom stereocenters. The van der Waals surface area contributed by atoms with Gasteiger partial charge in [0, 0.05) is 39.2 Å². The number of benzene rings is 1. The van der Waals surface area contributed by atoms with Crippen molar-refractivity contribution in [2.75, 3.05) is 26.4 Å². The summed E-state index contributed by atoms with van der Waals surface area (Å²) in [6, 6.07) is 6.18. The Labute approximate surface area is 152 Å². The summed E-state index contributed by atoms with van der Waals surface area (Å²) in [5, 5.41) is 16.0. The van der Waals surface area contributed by atoms with Crippen LogP contribution in [0.2, 0.25) is 0 Å². The Morgan fingerprint density at radius 2 is 2.04 bits per heavy atom. The van der Waals surface area contributed by atoms with E-state index in [1.54, 1.807) is 12.1 Å². The van der Waals surface area contributed by atoms with E-state index in [4.69, 9.17) is 14.7 Å². The lowest BCUT2D eigenvalue weighted by atomic mass is 9.74. The molecule has 26 heavy (non-hydrogen) atoms. The Hall–Kier alpha value is -1.99. The first-order valence-corrected chi connectivity index (χ1v) is 9.08. The molecule has 0 aromatic heterocycles. The Balaban J connectivity index is 1.63. The molecule has 2 aliphatic heterocycles. The normalized spacial score (nSPS) is 21.8. The highest BCUT2D eigenvalue weighted by atomic mass is 19.1. The van der Waals surface area contributed by atoms with Crippen LogP contribution in [0.3, 0.4) is 0 Å². The highest BCUT2D eigenvalue weighted by molar-refractivity contribution is 6.01. The van der Waals surface area contributed by atoms with E-state index in [0.717, 1.165) is 11.3 Å². The van der Waals surface area contributed by atoms with Crippen LogP contribution in [0.4, 0.5) is 4.39 Å². The molecule has 1 amide bonds. The number of amides is 1. The van der Waals surface area contributed by atoms with Crippen molar-refractivity contribution in [3.63, 3.8) is 0 Å². The third-order valence-electron chi connectivity index (χ3n) is 5.08. The molecule has 0 bridgehead atoms. The molecule has 0 aliphatic carbocycles. The predicted molar refractivity (Wildman–Crippen MR) is 94.2 cm³/mol. The van der Waals surface area contributed by atoms with E-state index in [1.165, 1.54) is 12.1 Å². The molecule has 0 radical (unpaired) electrons. The fourth-order valence-corrected chi connectivity index (χ4v) is 3.54. The first-order chi connectivity index (χ1) is 12.6. The Morgan fingerprint density at radius 3 is 2.73 bits per heavy atom. The van der Waals surface area contributed by atoms with Gasteiger partial charge in [0.25, 0.3) is 0 Å². The minimum absolute atomic E-state index is 0.00641. The van der Waals surface area contributed by atoms with Crippen LogP contribution >= 0.6 is 0 Å². The summed E-state index contributed by atoms with van der Waals surface area (Å²) in [6.45, 7) is 1.61. The van der Waals surface area contributed by atoms with Gasteiger partial charge in [-0.3, -0.25) is 4.79 Å². The summed E-state index contributed by atoms with van der Waals surface area (Å²) in [5.74, 6) is -0.293. The van der Waals surface area contributed by atoms with E-state index >= 15 is 0 Å². The van der Waals surface area contributed by atoms with Crippen molar-refractivity contribution in [3.8, 4) is 0 Å². The number of nitrogens with zero attached hydrogens (tertiary/aromatic N) is 1. The first kappa shape index (κ1) is 18.8. The number of aliphatic hydroxyl groups is 1. The third-order valence-corrected chi connectivity index (χ3v) is 5.08. The van der Waals surface area contributed by atoms with Crippen molar-refractivity contribution in [2.24, 2.45) is 10.6 Å². The molecule has 1 aromatic carbocycles. The van der Waals surface area contributed by atoms with E-state index in [1.807, 2.05) is 0 Å². The molecular formula is C19H25FN2O4. The van der Waals surface area contributed by atoms with E-state index in [2.05, 4.69) is 10.5 Å². The van der Waals surface area contributed by atoms with Gasteiger partial charge in [-0.2, -0.15) is 0 Å². The van der Waals surface area contributed by atoms with Crippen LogP contribution in [-0.4, -0.2) is 49.2 Å². The minimum Gasteiger partial charge on any atom is -0.396 e. The van der Waals surface area contributed by atoms with Gasteiger partial charge in [-0.05, 0) is 37.0 Å². The Morgan fingerprint density at radius 1 is 1.31 bits per heavy atom. The summed E-state index contributed by atoms with van der Waals surface area (Å²) in [7, 11) is 0. The van der Waals surface area contributed by atoms with Gasteiger partial charge in [-0.15, -0.1) is 0 Å². The predicted octanol–water partition coefficient (Wildman–Crippen LogP) is 2.00. The molecule has 1 saturated heterocycles. The highest BCUT2D eigenvalue weighted by Gasteiger charge is 2.43. The van der Waals surface area contributed by atoms with Crippen LogP contribution in [0.5, 0.6) is 0 Å². The number of ether oxygens (including phenoxy) is 1. The van der Waals surface area contributed by atoms with Crippen molar-refractivity contribution < 1.29 is 23.9 Å². The fraction of sp³-hybridized carbons (Fsp3) is 0.579. The molecular weight excluding hydrogens is 339 g/mol. The second kappa shape index (κ2) is 8.60. The zero-order valence-electron chi connectivity index (χ0n) is 14.7. The maximum Gasteiger partial charge on any atom is 0.226 e. The van der Waals surface area contributed by atoms with Gasteiger partial charge < -0.3 is 20.0 Å². The molecule has 6 nitrogen and oxygen atoms in total. The van der Waals surface area contributed by atoms with Gasteiger partial charge in [0.1, 0.15) is 11.9 Å². The monoisotopic (exact) mass is 364 g/mol. The van der Waals surface area contributed by atoms with Crippen molar-refractivity contribution >= 4 is 11.6 Å². The number of nitrogens with one attached hydrogen (secondary N) is 1. The Bertz CT molecular complexity index is 641. The summed E-state index contributed by atoms with van der Waals surface area (Å²) in [4.78, 5) is 18.4. The van der Waals surface area contributed by atoms with E-state index in [9.17, 15) is 9.18 Å². The quantitative estimate of drug-likeness (QED) is 0.726. The topological polar surface area (TPSA) is 80.2 Å². The fourth-order valence-electron chi connectivity index (χ4n) is 3.54. The molecule has 0 unspecified atom stereocenters. The van der Waals surface area contributed by atoms with Crippen molar-refractivity contribution in [1.29, 1.82) is 0 Å². The average Bonchev–Trinajstić information content (AvgIpc) is 3.11. The number of oxime groups is 1. The lowest BCUT2D eigenvalue weighted by Crippen LogP contribution is -2.47. The number of aliphatic hydroxyl groups excluding tert-OH is 1. The van der Waals surface area contributed by atoms with Crippen LogP contribution < -0.4 is 5.32 Å². The maximum atomic E-state index is 13.1. The first-order valence-electron chi connectivity index (χ1n) is 9.08. The smallest absolute Gasteiger partial charge is 0.226 e. The lowest BCUT2D eigenvalue weighted by Gasteiger charge is -2.36. The van der Waals surface area contributed by atoms with Gasteiger partial charge >= 0.3 is 0 Å². The van der Waals surface area contributed by atoms with Gasteiger partial charge in [-0.25, -0.2) is 4.39 Å². The number of halogens is 1. The molecule has 0 spiro atoms. The van der Waals surface area contributed by atoms with E-state index in [-0.39, 0.29) is 24.4 Å². The highest BCUT2D eigenvalue weighted by Crippen LogP contribution is 2.38. The van der Waals surface area contributed by atoms with Crippen molar-refractivity contribution in [3.05, 3.63) is 35.6 Å². The number of carbonyl (C=O) groups excluding carboxylic acids is 1. The molecule has 7 heteroatoms. The molecule has 2 heterocycles. The minimum atomic E-state index is -0.536. The van der Waals surface area contributed by atoms with Crippen LogP contribution in [0.15, 0.2) is 29.4 Å². The number of hydrogen-bond donors (Lipinski definition) is 2. The van der Waals surface area contributed by atoms with Gasteiger partial charge in [-0.1, -0.05) is 17.3 Å². The van der Waals surface area contributed by atoms with E-state index < -0.39 is 5.41 Å². The van der Waals surface area contributed by atoms with E-state index in [0.29, 0.717) is 51.9 Å². The van der Waals surface area contributed by atoms with Crippen LogP contribution in [0.25, 0.3) is 0 Å². The second-order valence-electron chi connectivity index (χ2n) is 6.91. The average molecular weight is 364 g/mol. The molecule has 0 saturated carbocycles. The summed E-state index contributed by atoms with van der Waals surface area (Å²) < 4.78 is 18.5. The van der Waals surface area contributed by atoms with Crippen LogP contribution in [-0.2, 0) is 14.4 Å². The summed E-state index contributed by atoms with van der Waals surface area (Å²) >= 11 is 0. The molecule has 2 N–H and O–H groups in total. The summed E-state index contributed by atoms with van der Waals surface area (Å²) in [5.41, 5.74) is 1.08. The zero-order chi connectivity index (χ0) is 18.4.